The molecule has 33 heavy (non-hydrogen) atoms. The Hall–Kier alpha value is -3.84. The van der Waals surface area contributed by atoms with E-state index in [2.05, 4.69) is 0 Å². The van der Waals surface area contributed by atoms with Gasteiger partial charge in [0.2, 0.25) is 17.5 Å². The first-order chi connectivity index (χ1) is 15.6. The van der Waals surface area contributed by atoms with E-state index in [1.807, 2.05) is 0 Å². The van der Waals surface area contributed by atoms with Gasteiger partial charge in [-0.15, -0.1) is 0 Å². The molecule has 12 heteroatoms. The molecule has 0 aliphatic carbocycles. The molecule has 4 rings (SSSR count). The number of fused-ring (bicyclic) bond motifs is 1. The predicted octanol–water partition coefficient (Wildman–Crippen LogP) is -0.152. The first-order valence-corrected chi connectivity index (χ1v) is 9.49. The first kappa shape index (κ1) is 22.4. The first-order valence-electron chi connectivity index (χ1n) is 9.49. The van der Waals surface area contributed by atoms with E-state index < -0.39 is 64.7 Å². The Bertz CT molecular complexity index is 1260. The van der Waals surface area contributed by atoms with E-state index in [1.165, 1.54) is 24.3 Å². The second kappa shape index (κ2) is 8.26. The van der Waals surface area contributed by atoms with Crippen LogP contribution in [0.1, 0.15) is 0 Å². The van der Waals surface area contributed by atoms with Crippen molar-refractivity contribution in [3.05, 3.63) is 46.6 Å². The summed E-state index contributed by atoms with van der Waals surface area (Å²) in [6.07, 6.45) is -9.84. The highest BCUT2D eigenvalue weighted by molar-refractivity contribution is 5.88. The number of carboxylic acids is 1. The molecular weight excluding hydrogens is 444 g/mol. The highest BCUT2D eigenvalue weighted by Gasteiger charge is 2.48. The topological polar surface area (TPSA) is 207 Å². The molecular formula is C21H18O12. The monoisotopic (exact) mass is 462 g/mol. The molecule has 1 aliphatic rings. The lowest BCUT2D eigenvalue weighted by molar-refractivity contribution is -0.271. The zero-order chi connectivity index (χ0) is 24.0. The minimum atomic E-state index is -1.99. The third kappa shape index (κ3) is 3.91. The number of carboxylic acid groups (broad SMARTS) is 1. The summed E-state index contributed by atoms with van der Waals surface area (Å²) in [5, 5.41) is 68.4. The normalized spacial score (nSPS) is 25.1. The minimum absolute atomic E-state index is 0.105. The van der Waals surface area contributed by atoms with Crippen molar-refractivity contribution in [1.29, 1.82) is 0 Å². The largest absolute Gasteiger partial charge is 0.508 e. The van der Waals surface area contributed by atoms with E-state index in [9.17, 15) is 45.3 Å². The smallest absolute Gasteiger partial charge is 0.335 e. The molecule has 7 N–H and O–H groups in total. The number of aliphatic hydroxyl groups is 3. The highest BCUT2D eigenvalue weighted by atomic mass is 16.7. The van der Waals surface area contributed by atoms with Crippen molar-refractivity contribution >= 4 is 16.9 Å². The molecule has 0 bridgehead atoms. The molecule has 5 atom stereocenters. The molecule has 2 heterocycles. The number of phenolic OH excluding ortho intramolecular Hbond substituents is 3. The van der Waals surface area contributed by atoms with Crippen LogP contribution in [0, 0.1) is 0 Å². The third-order valence-electron chi connectivity index (χ3n) is 5.09. The van der Waals surface area contributed by atoms with Crippen LogP contribution >= 0.6 is 0 Å². The Morgan fingerprint density at radius 3 is 2.21 bits per heavy atom. The Balaban J connectivity index is 1.89. The number of aromatic hydroxyl groups is 3. The summed E-state index contributed by atoms with van der Waals surface area (Å²) < 4.78 is 16.2. The molecule has 174 valence electrons. The van der Waals surface area contributed by atoms with Gasteiger partial charge >= 0.3 is 5.97 Å². The van der Waals surface area contributed by atoms with Crippen molar-refractivity contribution in [2.45, 2.75) is 30.7 Å². The average Bonchev–Trinajstić information content (AvgIpc) is 2.75. The van der Waals surface area contributed by atoms with Crippen molar-refractivity contribution < 1.29 is 54.4 Å². The van der Waals surface area contributed by atoms with E-state index in [4.69, 9.17) is 13.9 Å². The summed E-state index contributed by atoms with van der Waals surface area (Å²) in [4.78, 5) is 24.6. The summed E-state index contributed by atoms with van der Waals surface area (Å²) in [5.74, 6) is -3.72. The fourth-order valence-corrected chi connectivity index (χ4v) is 3.44. The van der Waals surface area contributed by atoms with Crippen molar-refractivity contribution in [1.82, 2.24) is 0 Å². The summed E-state index contributed by atoms with van der Waals surface area (Å²) >= 11 is 0. The number of ether oxygens (including phenoxy) is 2. The van der Waals surface area contributed by atoms with Gasteiger partial charge in [-0.05, 0) is 24.3 Å². The van der Waals surface area contributed by atoms with Gasteiger partial charge in [-0.25, -0.2) is 4.79 Å². The number of benzene rings is 2. The number of phenols is 3. The van der Waals surface area contributed by atoms with Crippen LogP contribution in [0.2, 0.25) is 0 Å². The van der Waals surface area contributed by atoms with Crippen molar-refractivity contribution in [3.63, 3.8) is 0 Å². The molecule has 0 amide bonds. The van der Waals surface area contributed by atoms with Gasteiger partial charge in [0.25, 0.3) is 0 Å². The third-order valence-corrected chi connectivity index (χ3v) is 5.09. The summed E-state index contributed by atoms with van der Waals surface area (Å²) in [7, 11) is 0. The number of rotatable bonds is 4. The lowest BCUT2D eigenvalue weighted by Crippen LogP contribution is -2.61. The number of carbonyl (C=O) groups is 1. The number of aliphatic carboxylic acids is 1. The molecule has 0 unspecified atom stereocenters. The van der Waals surface area contributed by atoms with Gasteiger partial charge < -0.3 is 49.6 Å². The molecule has 1 aromatic heterocycles. The van der Waals surface area contributed by atoms with Crippen LogP contribution < -0.4 is 10.2 Å². The van der Waals surface area contributed by atoms with Gasteiger partial charge in [-0.3, -0.25) is 4.79 Å². The maximum Gasteiger partial charge on any atom is 0.335 e. The van der Waals surface area contributed by atoms with E-state index in [1.54, 1.807) is 0 Å². The van der Waals surface area contributed by atoms with Crippen LogP contribution in [-0.4, -0.2) is 72.4 Å². The number of hydrogen-bond acceptors (Lipinski definition) is 11. The quantitative estimate of drug-likeness (QED) is 0.270. The molecule has 3 aromatic rings. The summed E-state index contributed by atoms with van der Waals surface area (Å²) in [5.41, 5.74) is -1.01. The SMILES string of the molecule is O=C(O)[C@H]1O[C@H](Oc2c(-c3ccc(O)cc3)oc3cc(O)cc(O)c3c2=O)[C@H](O)[C@@H](O)[C@@H]1O. The standard InChI is InChI=1S/C21H18O12/c22-8-3-1-7(2-4-8)17-18(13(25)12-10(24)5-9(23)6-11(12)31-17)32-21-16(28)14(26)15(27)19(33-21)20(29)30/h1-6,14-16,19,21-24,26-28H,(H,29,30)/t14-,15-,16+,19-,21-/m0/s1. The molecule has 1 aliphatic heterocycles. The molecule has 0 spiro atoms. The molecule has 1 fully saturated rings. The Morgan fingerprint density at radius 2 is 1.58 bits per heavy atom. The Labute approximate surface area is 183 Å². The van der Waals surface area contributed by atoms with Crippen LogP contribution in [0.25, 0.3) is 22.3 Å². The van der Waals surface area contributed by atoms with E-state index in [0.29, 0.717) is 0 Å². The van der Waals surface area contributed by atoms with Crippen molar-refractivity contribution in [3.8, 4) is 34.3 Å². The van der Waals surface area contributed by atoms with Crippen LogP contribution in [0.15, 0.2) is 45.6 Å². The lowest BCUT2D eigenvalue weighted by atomic mass is 9.99. The zero-order valence-electron chi connectivity index (χ0n) is 16.5. The Kier molecular flexibility index (Phi) is 5.59. The molecule has 0 radical (unpaired) electrons. The average molecular weight is 462 g/mol. The van der Waals surface area contributed by atoms with Crippen molar-refractivity contribution in [2.24, 2.45) is 0 Å². The fraction of sp³-hybridized carbons (Fsp3) is 0.238. The highest BCUT2D eigenvalue weighted by Crippen LogP contribution is 2.37. The Morgan fingerprint density at radius 1 is 0.909 bits per heavy atom. The van der Waals surface area contributed by atoms with Gasteiger partial charge in [0, 0.05) is 17.7 Å². The van der Waals surface area contributed by atoms with Gasteiger partial charge in [0.1, 0.15) is 46.5 Å². The van der Waals surface area contributed by atoms with Crippen molar-refractivity contribution in [2.75, 3.05) is 0 Å². The molecule has 0 saturated carbocycles. The summed E-state index contributed by atoms with van der Waals surface area (Å²) in [6, 6.07) is 7.20. The van der Waals surface area contributed by atoms with Gasteiger partial charge in [0.05, 0.1) is 0 Å². The van der Waals surface area contributed by atoms with Gasteiger partial charge in [-0.2, -0.15) is 0 Å². The summed E-state index contributed by atoms with van der Waals surface area (Å²) in [6.45, 7) is 0. The van der Waals surface area contributed by atoms with Gasteiger partial charge in [-0.1, -0.05) is 0 Å². The predicted molar refractivity (Wildman–Crippen MR) is 108 cm³/mol. The number of aliphatic hydroxyl groups excluding tert-OH is 3. The zero-order valence-corrected chi connectivity index (χ0v) is 16.5. The van der Waals surface area contributed by atoms with Crippen LogP contribution in [-0.2, 0) is 9.53 Å². The van der Waals surface area contributed by atoms with E-state index >= 15 is 0 Å². The molecule has 1 saturated heterocycles. The maximum atomic E-state index is 13.2. The number of hydrogen-bond donors (Lipinski definition) is 7. The fourth-order valence-electron chi connectivity index (χ4n) is 3.44. The minimum Gasteiger partial charge on any atom is -0.508 e. The maximum absolute atomic E-state index is 13.2. The van der Waals surface area contributed by atoms with Crippen LogP contribution in [0.4, 0.5) is 0 Å². The van der Waals surface area contributed by atoms with E-state index in [0.717, 1.165) is 12.1 Å². The molecule has 12 nitrogen and oxygen atoms in total. The second-order valence-corrected chi connectivity index (χ2v) is 7.33. The van der Waals surface area contributed by atoms with E-state index in [-0.39, 0.29) is 22.7 Å². The molecule has 2 aromatic carbocycles. The lowest BCUT2D eigenvalue weighted by Gasteiger charge is -2.38. The second-order valence-electron chi connectivity index (χ2n) is 7.33. The van der Waals surface area contributed by atoms with Gasteiger partial charge in [0.15, 0.2) is 11.9 Å². The van der Waals surface area contributed by atoms with Crippen LogP contribution in [0.5, 0.6) is 23.0 Å². The van der Waals surface area contributed by atoms with Crippen LogP contribution in [0.3, 0.4) is 0 Å².